The Balaban J connectivity index is 1.80. The molecular weight excluding hydrogens is 250 g/mol. The molecule has 0 amide bonds. The van der Waals surface area contributed by atoms with E-state index in [9.17, 15) is 8.42 Å². The fourth-order valence-electron chi connectivity index (χ4n) is 3.30. The van der Waals surface area contributed by atoms with Crippen molar-refractivity contribution in [2.75, 3.05) is 0 Å². The molecule has 1 aliphatic carbocycles. The van der Waals surface area contributed by atoms with Gasteiger partial charge in [0.2, 0.25) is 10.0 Å². The fourth-order valence-corrected chi connectivity index (χ4v) is 5.55. The molecule has 6 heteroatoms. The Hall–Kier alpha value is -1.01. The van der Waals surface area contributed by atoms with Crippen LogP contribution in [0.15, 0.2) is 12.5 Å². The van der Waals surface area contributed by atoms with Crippen LogP contribution in [0.5, 0.6) is 0 Å². The van der Waals surface area contributed by atoms with Gasteiger partial charge < -0.3 is 0 Å². The first-order chi connectivity index (χ1) is 8.68. The van der Waals surface area contributed by atoms with Crippen LogP contribution in [0.2, 0.25) is 0 Å². The van der Waals surface area contributed by atoms with Crippen molar-refractivity contribution >= 4 is 10.0 Å². The molecule has 18 heavy (non-hydrogen) atoms. The van der Waals surface area contributed by atoms with Gasteiger partial charge in [-0.2, -0.15) is 4.31 Å². The maximum atomic E-state index is 12.5. The maximum Gasteiger partial charge on any atom is 0.217 e. The zero-order valence-corrected chi connectivity index (χ0v) is 10.8. The van der Waals surface area contributed by atoms with Gasteiger partial charge in [0, 0.05) is 24.2 Å². The monoisotopic (exact) mass is 265 g/mol. The first kappa shape index (κ1) is 10.9. The van der Waals surface area contributed by atoms with Gasteiger partial charge in [-0.25, -0.2) is 18.4 Å². The molecule has 0 spiro atoms. The standard InChI is InChI=1S/C12H15N3O2S/c16-18(17,9-2-3-9)15-8-1-4-12(15)10-6-13-7-14-11(10)5-8/h6-9,12H,1-5H2. The number of fused-ring (bicyclic) bond motifs is 4. The number of rotatable bonds is 2. The number of hydrogen-bond donors (Lipinski definition) is 0. The lowest BCUT2D eigenvalue weighted by Gasteiger charge is -2.34. The van der Waals surface area contributed by atoms with Crippen molar-refractivity contribution in [3.05, 3.63) is 23.8 Å². The molecule has 1 aromatic rings. The summed E-state index contributed by atoms with van der Waals surface area (Å²) < 4.78 is 26.8. The third-order valence-corrected chi connectivity index (χ3v) is 6.75. The Morgan fingerprint density at radius 1 is 1.22 bits per heavy atom. The van der Waals surface area contributed by atoms with Gasteiger partial charge in [-0.3, -0.25) is 0 Å². The largest absolute Gasteiger partial charge is 0.244 e. The number of hydrogen-bond acceptors (Lipinski definition) is 4. The van der Waals surface area contributed by atoms with Crippen molar-refractivity contribution in [1.82, 2.24) is 14.3 Å². The van der Waals surface area contributed by atoms with Crippen LogP contribution in [-0.4, -0.2) is 34.0 Å². The molecule has 1 saturated carbocycles. The van der Waals surface area contributed by atoms with Crippen molar-refractivity contribution < 1.29 is 8.42 Å². The molecule has 3 heterocycles. The summed E-state index contributed by atoms with van der Waals surface area (Å²) in [5.41, 5.74) is 2.07. The summed E-state index contributed by atoms with van der Waals surface area (Å²) in [6.07, 6.45) is 7.63. The molecule has 2 bridgehead atoms. The zero-order valence-electron chi connectivity index (χ0n) is 9.99. The number of sulfonamides is 1. The lowest BCUT2D eigenvalue weighted by molar-refractivity contribution is 0.299. The summed E-state index contributed by atoms with van der Waals surface area (Å²) in [6.45, 7) is 0. The average Bonchev–Trinajstić information content (AvgIpc) is 3.15. The predicted octanol–water partition coefficient (Wildman–Crippen LogP) is 1.03. The van der Waals surface area contributed by atoms with Gasteiger partial charge in [0.1, 0.15) is 6.33 Å². The van der Waals surface area contributed by atoms with E-state index in [4.69, 9.17) is 0 Å². The second kappa shape index (κ2) is 3.51. The van der Waals surface area contributed by atoms with Crippen LogP contribution in [-0.2, 0) is 16.4 Å². The normalized spacial score (nSPS) is 31.3. The summed E-state index contributed by atoms with van der Waals surface area (Å²) in [6, 6.07) is 0.119. The Morgan fingerprint density at radius 3 is 2.83 bits per heavy atom. The first-order valence-corrected chi connectivity index (χ1v) is 7.99. The number of aromatic nitrogens is 2. The molecule has 0 N–H and O–H groups in total. The van der Waals surface area contributed by atoms with Gasteiger partial charge in [-0.05, 0) is 25.7 Å². The molecule has 1 saturated heterocycles. The van der Waals surface area contributed by atoms with Gasteiger partial charge in [0.25, 0.3) is 0 Å². The minimum Gasteiger partial charge on any atom is -0.244 e. The Labute approximate surface area is 106 Å². The third-order valence-electron chi connectivity index (χ3n) is 4.29. The van der Waals surface area contributed by atoms with Crippen LogP contribution in [0.1, 0.15) is 43.0 Å². The second-order valence-electron chi connectivity index (χ2n) is 5.45. The minimum absolute atomic E-state index is 0.00875. The van der Waals surface area contributed by atoms with E-state index in [1.165, 1.54) is 0 Å². The highest BCUT2D eigenvalue weighted by molar-refractivity contribution is 7.90. The first-order valence-electron chi connectivity index (χ1n) is 6.49. The molecule has 1 aromatic heterocycles. The summed E-state index contributed by atoms with van der Waals surface area (Å²) in [4.78, 5) is 8.36. The van der Waals surface area contributed by atoms with Crippen LogP contribution in [0.3, 0.4) is 0 Å². The van der Waals surface area contributed by atoms with E-state index < -0.39 is 10.0 Å². The van der Waals surface area contributed by atoms with Gasteiger partial charge in [-0.15, -0.1) is 0 Å². The van der Waals surface area contributed by atoms with E-state index in [0.29, 0.717) is 0 Å². The Kier molecular flexibility index (Phi) is 2.12. The lowest BCUT2D eigenvalue weighted by atomic mass is 10.0. The van der Waals surface area contributed by atoms with E-state index in [1.807, 2.05) is 0 Å². The van der Waals surface area contributed by atoms with Crippen molar-refractivity contribution in [1.29, 1.82) is 0 Å². The quantitative estimate of drug-likeness (QED) is 0.801. The highest BCUT2D eigenvalue weighted by atomic mass is 32.2. The van der Waals surface area contributed by atoms with Gasteiger partial charge >= 0.3 is 0 Å². The van der Waals surface area contributed by atoms with Gasteiger partial charge in [0.05, 0.1) is 17.0 Å². The summed E-state index contributed by atoms with van der Waals surface area (Å²) in [5, 5.41) is -0.119. The van der Waals surface area contributed by atoms with E-state index in [-0.39, 0.29) is 17.3 Å². The molecule has 4 rings (SSSR count). The summed E-state index contributed by atoms with van der Waals surface area (Å²) >= 11 is 0. The molecule has 0 radical (unpaired) electrons. The maximum absolute atomic E-state index is 12.5. The topological polar surface area (TPSA) is 63.2 Å². The van der Waals surface area contributed by atoms with Crippen molar-refractivity contribution in [2.45, 2.75) is 49.4 Å². The van der Waals surface area contributed by atoms with Crippen LogP contribution in [0, 0.1) is 0 Å². The van der Waals surface area contributed by atoms with Gasteiger partial charge in [0.15, 0.2) is 0 Å². The SMILES string of the molecule is O=S(=O)(C1CC1)N1C2CCC1c1cncnc1C2. The molecule has 2 atom stereocenters. The third kappa shape index (κ3) is 1.39. The zero-order chi connectivity index (χ0) is 12.3. The van der Waals surface area contributed by atoms with Crippen molar-refractivity contribution in [3.8, 4) is 0 Å². The molecule has 3 aliphatic rings. The lowest BCUT2D eigenvalue weighted by Crippen LogP contribution is -2.43. The van der Waals surface area contributed by atoms with Crippen molar-refractivity contribution in [2.24, 2.45) is 0 Å². The molecular formula is C12H15N3O2S. The van der Waals surface area contributed by atoms with E-state index in [2.05, 4.69) is 9.97 Å². The summed E-state index contributed by atoms with van der Waals surface area (Å²) in [7, 11) is -3.09. The van der Waals surface area contributed by atoms with E-state index in [1.54, 1.807) is 16.8 Å². The molecule has 2 fully saturated rings. The Morgan fingerprint density at radius 2 is 2.06 bits per heavy atom. The molecule has 2 aliphatic heterocycles. The molecule has 96 valence electrons. The highest BCUT2D eigenvalue weighted by Gasteiger charge is 2.51. The van der Waals surface area contributed by atoms with E-state index in [0.717, 1.165) is 43.4 Å². The van der Waals surface area contributed by atoms with Crippen molar-refractivity contribution in [3.63, 3.8) is 0 Å². The molecule has 0 aromatic carbocycles. The minimum atomic E-state index is -3.09. The smallest absolute Gasteiger partial charge is 0.217 e. The molecule has 2 unspecified atom stereocenters. The van der Waals surface area contributed by atoms with Gasteiger partial charge in [-0.1, -0.05) is 0 Å². The van der Waals surface area contributed by atoms with Crippen LogP contribution < -0.4 is 0 Å². The van der Waals surface area contributed by atoms with Crippen LogP contribution in [0.25, 0.3) is 0 Å². The Bertz CT molecular complexity index is 597. The predicted molar refractivity (Wildman–Crippen MR) is 65.3 cm³/mol. The summed E-state index contributed by atoms with van der Waals surface area (Å²) in [5.74, 6) is 0. The second-order valence-corrected chi connectivity index (χ2v) is 7.57. The van der Waals surface area contributed by atoms with E-state index >= 15 is 0 Å². The van der Waals surface area contributed by atoms with Crippen LogP contribution >= 0.6 is 0 Å². The molecule has 5 nitrogen and oxygen atoms in total. The highest BCUT2D eigenvalue weighted by Crippen LogP contribution is 2.47. The number of nitrogens with zero attached hydrogens (tertiary/aromatic N) is 3. The van der Waals surface area contributed by atoms with Crippen LogP contribution in [0.4, 0.5) is 0 Å². The fraction of sp³-hybridized carbons (Fsp3) is 0.667. The average molecular weight is 265 g/mol.